The molecule has 0 heterocycles. The highest BCUT2D eigenvalue weighted by Crippen LogP contribution is 2.15. The van der Waals surface area contributed by atoms with E-state index in [9.17, 15) is 9.90 Å². The Morgan fingerprint density at radius 3 is 2.76 bits per heavy atom. The number of carbonyl (C=O) groups is 1. The zero-order valence-electron chi connectivity index (χ0n) is 10.7. The van der Waals surface area contributed by atoms with Gasteiger partial charge in [0.15, 0.2) is 0 Å². The van der Waals surface area contributed by atoms with E-state index in [-0.39, 0.29) is 11.7 Å². The molecule has 0 spiro atoms. The van der Waals surface area contributed by atoms with Crippen LogP contribution in [-0.2, 0) is 0 Å². The van der Waals surface area contributed by atoms with Gasteiger partial charge in [-0.3, -0.25) is 4.79 Å². The molecule has 0 atom stereocenters. The first-order valence-corrected chi connectivity index (χ1v) is 5.81. The van der Waals surface area contributed by atoms with Crippen molar-refractivity contribution in [1.82, 2.24) is 10.2 Å². The van der Waals surface area contributed by atoms with E-state index >= 15 is 0 Å². The molecule has 17 heavy (non-hydrogen) atoms. The number of amides is 1. The fourth-order valence-electron chi connectivity index (χ4n) is 1.52. The first-order valence-electron chi connectivity index (χ1n) is 5.81. The number of hydrogen-bond donors (Lipinski definition) is 2. The Morgan fingerprint density at radius 2 is 2.18 bits per heavy atom. The number of hydrogen-bond acceptors (Lipinski definition) is 3. The predicted octanol–water partition coefficient (Wildman–Crippen LogP) is 1.38. The van der Waals surface area contributed by atoms with Crippen LogP contribution in [0.2, 0.25) is 0 Å². The number of phenols is 1. The van der Waals surface area contributed by atoms with Crippen LogP contribution in [-0.4, -0.2) is 42.6 Å². The molecule has 0 aromatic heterocycles. The summed E-state index contributed by atoms with van der Waals surface area (Å²) < 4.78 is 0. The molecule has 0 saturated carbocycles. The molecule has 0 aliphatic carbocycles. The van der Waals surface area contributed by atoms with Crippen LogP contribution in [0.4, 0.5) is 0 Å². The minimum Gasteiger partial charge on any atom is -0.508 e. The van der Waals surface area contributed by atoms with Crippen LogP contribution in [0.1, 0.15) is 22.8 Å². The van der Waals surface area contributed by atoms with E-state index in [0.717, 1.165) is 18.7 Å². The Morgan fingerprint density at radius 1 is 1.47 bits per heavy atom. The Hall–Kier alpha value is -1.55. The molecule has 1 rings (SSSR count). The molecular weight excluding hydrogens is 216 g/mol. The number of phenolic OH excluding ortho intramolecular Hbond substituents is 1. The molecule has 1 amide bonds. The second kappa shape index (κ2) is 6.25. The fraction of sp³-hybridized carbons (Fsp3) is 0.462. The predicted molar refractivity (Wildman–Crippen MR) is 68.3 cm³/mol. The summed E-state index contributed by atoms with van der Waals surface area (Å²) in [4.78, 5) is 14.0. The van der Waals surface area contributed by atoms with Crippen molar-refractivity contribution in [3.63, 3.8) is 0 Å². The highest BCUT2D eigenvalue weighted by Gasteiger charge is 2.08. The third-order valence-corrected chi connectivity index (χ3v) is 2.77. The molecule has 2 N–H and O–H groups in total. The van der Waals surface area contributed by atoms with Gasteiger partial charge in [0.25, 0.3) is 5.91 Å². The summed E-state index contributed by atoms with van der Waals surface area (Å²) in [6.07, 6.45) is 0. The Kier molecular flexibility index (Phi) is 4.97. The second-order valence-corrected chi connectivity index (χ2v) is 4.15. The summed E-state index contributed by atoms with van der Waals surface area (Å²) in [5.74, 6) is 0.0942. The number of aryl methyl sites for hydroxylation is 1. The van der Waals surface area contributed by atoms with Gasteiger partial charge < -0.3 is 15.3 Å². The molecule has 94 valence electrons. The third kappa shape index (κ3) is 4.07. The monoisotopic (exact) mass is 236 g/mol. The molecule has 1 aromatic carbocycles. The third-order valence-electron chi connectivity index (χ3n) is 2.77. The van der Waals surface area contributed by atoms with Crippen LogP contribution in [0.5, 0.6) is 5.75 Å². The number of rotatable bonds is 5. The van der Waals surface area contributed by atoms with E-state index < -0.39 is 0 Å². The lowest BCUT2D eigenvalue weighted by Gasteiger charge is -2.14. The zero-order valence-corrected chi connectivity index (χ0v) is 10.7. The molecule has 0 aliphatic rings. The molecule has 1 aromatic rings. The van der Waals surface area contributed by atoms with Crippen LogP contribution in [0, 0.1) is 6.92 Å². The maximum absolute atomic E-state index is 11.8. The van der Waals surface area contributed by atoms with Gasteiger partial charge in [0.1, 0.15) is 5.75 Å². The smallest absolute Gasteiger partial charge is 0.251 e. The van der Waals surface area contributed by atoms with Crippen LogP contribution >= 0.6 is 0 Å². The maximum atomic E-state index is 11.8. The van der Waals surface area contributed by atoms with E-state index in [1.165, 1.54) is 6.07 Å². The molecule has 0 saturated heterocycles. The highest BCUT2D eigenvalue weighted by molar-refractivity contribution is 5.95. The van der Waals surface area contributed by atoms with Crippen molar-refractivity contribution in [1.29, 1.82) is 0 Å². The minimum atomic E-state index is -0.0907. The van der Waals surface area contributed by atoms with E-state index in [2.05, 4.69) is 17.1 Å². The van der Waals surface area contributed by atoms with Crippen LogP contribution < -0.4 is 5.32 Å². The van der Waals surface area contributed by atoms with Gasteiger partial charge in [0.2, 0.25) is 0 Å². The highest BCUT2D eigenvalue weighted by atomic mass is 16.3. The van der Waals surface area contributed by atoms with E-state index in [4.69, 9.17) is 0 Å². The molecule has 4 heteroatoms. The molecule has 0 aliphatic heterocycles. The second-order valence-electron chi connectivity index (χ2n) is 4.15. The molecular formula is C13H20N2O2. The number of nitrogens with one attached hydrogen (secondary N) is 1. The SMILES string of the molecule is CCN(C)CCNC(=O)c1ccc(O)cc1C. The van der Waals surface area contributed by atoms with Gasteiger partial charge in [-0.2, -0.15) is 0 Å². The average molecular weight is 236 g/mol. The van der Waals surface area contributed by atoms with Gasteiger partial charge in [-0.05, 0) is 44.3 Å². The summed E-state index contributed by atoms with van der Waals surface area (Å²) >= 11 is 0. The largest absolute Gasteiger partial charge is 0.508 e. The van der Waals surface area contributed by atoms with Crippen molar-refractivity contribution in [3.8, 4) is 5.75 Å². The van der Waals surface area contributed by atoms with Gasteiger partial charge in [-0.25, -0.2) is 0 Å². The summed E-state index contributed by atoms with van der Waals surface area (Å²) in [7, 11) is 2.01. The average Bonchev–Trinajstić information content (AvgIpc) is 2.28. The Labute approximate surface area is 102 Å². The molecule has 0 bridgehead atoms. The Balaban J connectivity index is 2.52. The fourth-order valence-corrected chi connectivity index (χ4v) is 1.52. The van der Waals surface area contributed by atoms with Crippen molar-refractivity contribution in [2.75, 3.05) is 26.7 Å². The minimum absolute atomic E-state index is 0.0907. The first kappa shape index (κ1) is 13.5. The lowest BCUT2D eigenvalue weighted by Crippen LogP contribution is -2.33. The maximum Gasteiger partial charge on any atom is 0.251 e. The van der Waals surface area contributed by atoms with Gasteiger partial charge in [0.05, 0.1) is 0 Å². The topological polar surface area (TPSA) is 52.6 Å². The van der Waals surface area contributed by atoms with Gasteiger partial charge >= 0.3 is 0 Å². The molecule has 0 fully saturated rings. The zero-order chi connectivity index (χ0) is 12.8. The van der Waals surface area contributed by atoms with E-state index in [0.29, 0.717) is 12.1 Å². The van der Waals surface area contributed by atoms with E-state index in [1.54, 1.807) is 12.1 Å². The molecule has 0 radical (unpaired) electrons. The van der Waals surface area contributed by atoms with Crippen molar-refractivity contribution >= 4 is 5.91 Å². The number of nitrogens with zero attached hydrogens (tertiary/aromatic N) is 1. The van der Waals surface area contributed by atoms with E-state index in [1.807, 2.05) is 14.0 Å². The number of carbonyl (C=O) groups excluding carboxylic acids is 1. The van der Waals surface area contributed by atoms with Gasteiger partial charge in [-0.1, -0.05) is 6.92 Å². The van der Waals surface area contributed by atoms with Crippen LogP contribution in [0.15, 0.2) is 18.2 Å². The Bertz CT molecular complexity index is 391. The van der Waals surface area contributed by atoms with Crippen molar-refractivity contribution < 1.29 is 9.90 Å². The first-order chi connectivity index (χ1) is 8.04. The summed E-state index contributed by atoms with van der Waals surface area (Å²) in [5, 5.41) is 12.1. The number of benzene rings is 1. The van der Waals surface area contributed by atoms with Gasteiger partial charge in [-0.15, -0.1) is 0 Å². The summed E-state index contributed by atoms with van der Waals surface area (Å²) in [6, 6.07) is 4.76. The standard InChI is InChI=1S/C13H20N2O2/c1-4-15(3)8-7-14-13(17)12-6-5-11(16)9-10(12)2/h5-6,9,16H,4,7-8H2,1-3H3,(H,14,17). The number of likely N-dealkylation sites (N-methyl/N-ethyl adjacent to an activating group) is 1. The lowest BCUT2D eigenvalue weighted by atomic mass is 10.1. The number of aromatic hydroxyl groups is 1. The van der Waals surface area contributed by atoms with Gasteiger partial charge in [0, 0.05) is 18.7 Å². The van der Waals surface area contributed by atoms with Crippen molar-refractivity contribution in [3.05, 3.63) is 29.3 Å². The lowest BCUT2D eigenvalue weighted by molar-refractivity contribution is 0.0949. The van der Waals surface area contributed by atoms with Crippen LogP contribution in [0.3, 0.4) is 0 Å². The molecule has 0 unspecified atom stereocenters. The normalized spacial score (nSPS) is 10.6. The van der Waals surface area contributed by atoms with Crippen molar-refractivity contribution in [2.24, 2.45) is 0 Å². The quantitative estimate of drug-likeness (QED) is 0.812. The van der Waals surface area contributed by atoms with Crippen molar-refractivity contribution in [2.45, 2.75) is 13.8 Å². The van der Waals surface area contributed by atoms with Crippen LogP contribution in [0.25, 0.3) is 0 Å². The summed E-state index contributed by atoms with van der Waals surface area (Å²) in [6.45, 7) is 6.32. The molecule has 4 nitrogen and oxygen atoms in total. The summed E-state index contributed by atoms with van der Waals surface area (Å²) in [5.41, 5.74) is 1.40.